The lowest BCUT2D eigenvalue weighted by Crippen LogP contribution is -2.36. The Morgan fingerprint density at radius 2 is 2.18 bits per heavy atom. The van der Waals surface area contributed by atoms with Crippen molar-refractivity contribution < 1.29 is 4.79 Å². The van der Waals surface area contributed by atoms with E-state index in [1.54, 1.807) is 30.0 Å². The third kappa shape index (κ3) is 3.92. The number of anilines is 1. The molecule has 0 bridgehead atoms. The van der Waals surface area contributed by atoms with Crippen molar-refractivity contribution in [2.45, 2.75) is 18.6 Å². The van der Waals surface area contributed by atoms with E-state index in [-0.39, 0.29) is 10.7 Å². The fourth-order valence-corrected chi connectivity index (χ4v) is 1.85. The summed E-state index contributed by atoms with van der Waals surface area (Å²) in [6.45, 7) is 4.80. The summed E-state index contributed by atoms with van der Waals surface area (Å²) in [5.41, 5.74) is 6.88. The van der Waals surface area contributed by atoms with Crippen LogP contribution in [0.15, 0.2) is 22.7 Å². The average molecular weight is 317 g/mol. The number of nitrogens with two attached hydrogens (primary N) is 1. The number of amides is 1. The van der Waals surface area contributed by atoms with Crippen LogP contribution in [-0.4, -0.2) is 23.5 Å². The molecule has 1 aromatic carbocycles. The van der Waals surface area contributed by atoms with E-state index in [1.165, 1.54) is 0 Å². The van der Waals surface area contributed by atoms with E-state index >= 15 is 0 Å². The molecule has 0 aliphatic rings. The maximum absolute atomic E-state index is 12.0. The highest BCUT2D eigenvalue weighted by atomic mass is 79.9. The third-order valence-corrected chi connectivity index (χ3v) is 4.63. The second-order valence-electron chi connectivity index (χ2n) is 4.36. The first kappa shape index (κ1) is 14.4. The van der Waals surface area contributed by atoms with Crippen LogP contribution >= 0.6 is 27.7 Å². The average Bonchev–Trinajstić information content (AvgIpc) is 2.30. The predicted molar refractivity (Wildman–Crippen MR) is 78.5 cm³/mol. The van der Waals surface area contributed by atoms with Crippen LogP contribution in [0.25, 0.3) is 0 Å². The number of hydrogen-bond acceptors (Lipinski definition) is 3. The number of rotatable bonds is 4. The first-order valence-electron chi connectivity index (χ1n) is 5.25. The van der Waals surface area contributed by atoms with E-state index in [2.05, 4.69) is 35.1 Å². The molecule has 94 valence electrons. The number of halogens is 1. The van der Waals surface area contributed by atoms with Gasteiger partial charge in [-0.15, -0.1) is 0 Å². The summed E-state index contributed by atoms with van der Waals surface area (Å²) in [6.07, 6.45) is 2.03. The lowest BCUT2D eigenvalue weighted by molar-refractivity contribution is 0.0950. The molecule has 0 heterocycles. The number of nitrogen functional groups attached to an aromatic ring is 1. The van der Waals surface area contributed by atoms with Crippen LogP contribution in [0.5, 0.6) is 0 Å². The molecule has 1 aromatic rings. The number of benzene rings is 1. The van der Waals surface area contributed by atoms with Gasteiger partial charge in [-0.1, -0.05) is 6.07 Å². The van der Waals surface area contributed by atoms with Gasteiger partial charge in [0.15, 0.2) is 0 Å². The minimum Gasteiger partial charge on any atom is -0.398 e. The summed E-state index contributed by atoms with van der Waals surface area (Å²) in [5.74, 6) is -0.105. The molecule has 0 aromatic heterocycles. The Morgan fingerprint density at radius 1 is 1.53 bits per heavy atom. The zero-order valence-electron chi connectivity index (χ0n) is 10.2. The molecule has 1 amide bonds. The first-order chi connectivity index (χ1) is 7.87. The zero-order valence-corrected chi connectivity index (χ0v) is 12.6. The van der Waals surface area contributed by atoms with Gasteiger partial charge >= 0.3 is 0 Å². The van der Waals surface area contributed by atoms with E-state index in [9.17, 15) is 4.79 Å². The lowest BCUT2D eigenvalue weighted by Gasteiger charge is -2.22. The highest BCUT2D eigenvalue weighted by molar-refractivity contribution is 9.10. The monoisotopic (exact) mass is 316 g/mol. The summed E-state index contributed by atoms with van der Waals surface area (Å²) < 4.78 is 0.682. The summed E-state index contributed by atoms with van der Waals surface area (Å²) >= 11 is 5.05. The van der Waals surface area contributed by atoms with Gasteiger partial charge in [-0.25, -0.2) is 0 Å². The number of carbonyl (C=O) groups is 1. The van der Waals surface area contributed by atoms with Gasteiger partial charge in [0.05, 0.1) is 10.0 Å². The van der Waals surface area contributed by atoms with E-state index in [1.807, 2.05) is 6.26 Å². The minimum atomic E-state index is -0.105. The fourth-order valence-electron chi connectivity index (χ4n) is 1.19. The molecular weight excluding hydrogens is 300 g/mol. The molecule has 0 aliphatic heterocycles. The van der Waals surface area contributed by atoms with Gasteiger partial charge in [0.25, 0.3) is 5.91 Å². The number of thioether (sulfide) groups is 1. The normalized spacial score (nSPS) is 11.3. The van der Waals surface area contributed by atoms with Crippen molar-refractivity contribution >= 4 is 39.3 Å². The summed E-state index contributed by atoms with van der Waals surface area (Å²) in [5, 5.41) is 2.91. The Labute approximate surface area is 115 Å². The number of hydrogen-bond donors (Lipinski definition) is 2. The van der Waals surface area contributed by atoms with E-state index in [0.29, 0.717) is 22.3 Å². The van der Waals surface area contributed by atoms with Gasteiger partial charge in [0.2, 0.25) is 0 Å². The SMILES string of the molecule is CSC(C)(C)CNC(=O)c1cccc(N)c1Br. The van der Waals surface area contributed by atoms with Gasteiger partial charge in [0.1, 0.15) is 0 Å². The lowest BCUT2D eigenvalue weighted by atomic mass is 10.1. The molecule has 0 atom stereocenters. The Morgan fingerprint density at radius 3 is 2.76 bits per heavy atom. The second-order valence-corrected chi connectivity index (χ2v) is 6.66. The van der Waals surface area contributed by atoms with Crippen LogP contribution in [0.3, 0.4) is 0 Å². The van der Waals surface area contributed by atoms with Crippen LogP contribution in [0.4, 0.5) is 5.69 Å². The topological polar surface area (TPSA) is 55.1 Å². The molecule has 0 aliphatic carbocycles. The van der Waals surface area contributed by atoms with Crippen LogP contribution in [0, 0.1) is 0 Å². The van der Waals surface area contributed by atoms with Crippen molar-refractivity contribution in [3.8, 4) is 0 Å². The van der Waals surface area contributed by atoms with E-state index < -0.39 is 0 Å². The molecule has 0 saturated carbocycles. The van der Waals surface area contributed by atoms with Gasteiger partial charge in [-0.05, 0) is 48.2 Å². The molecule has 17 heavy (non-hydrogen) atoms. The Hall–Kier alpha value is -0.680. The molecule has 5 heteroatoms. The van der Waals surface area contributed by atoms with Gasteiger partial charge in [-0.3, -0.25) is 4.79 Å². The van der Waals surface area contributed by atoms with Gasteiger partial charge in [0, 0.05) is 17.0 Å². The van der Waals surface area contributed by atoms with Crippen LogP contribution in [-0.2, 0) is 0 Å². The highest BCUT2D eigenvalue weighted by Crippen LogP contribution is 2.24. The second kappa shape index (κ2) is 5.78. The zero-order chi connectivity index (χ0) is 13.1. The van der Waals surface area contributed by atoms with Crippen molar-refractivity contribution in [2.75, 3.05) is 18.5 Å². The smallest absolute Gasteiger partial charge is 0.252 e. The molecule has 0 saturated heterocycles. The Balaban J connectivity index is 2.74. The summed E-state index contributed by atoms with van der Waals surface area (Å²) in [6, 6.07) is 5.28. The molecule has 3 N–H and O–H groups in total. The van der Waals surface area contributed by atoms with Gasteiger partial charge in [-0.2, -0.15) is 11.8 Å². The van der Waals surface area contributed by atoms with Crippen molar-refractivity contribution in [1.82, 2.24) is 5.32 Å². The maximum atomic E-state index is 12.0. The van der Waals surface area contributed by atoms with Crippen LogP contribution in [0.1, 0.15) is 24.2 Å². The van der Waals surface area contributed by atoms with E-state index in [0.717, 1.165) is 0 Å². The first-order valence-corrected chi connectivity index (χ1v) is 7.26. The third-order valence-electron chi connectivity index (χ3n) is 2.50. The highest BCUT2D eigenvalue weighted by Gasteiger charge is 2.18. The Bertz CT molecular complexity index is 421. The van der Waals surface area contributed by atoms with Crippen LogP contribution in [0.2, 0.25) is 0 Å². The fraction of sp³-hybridized carbons (Fsp3) is 0.417. The standard InChI is InChI=1S/C12H17BrN2OS/c1-12(2,17-3)7-15-11(16)8-5-4-6-9(14)10(8)13/h4-6H,7,14H2,1-3H3,(H,15,16). The van der Waals surface area contributed by atoms with E-state index in [4.69, 9.17) is 5.73 Å². The molecular formula is C12H17BrN2OS. The van der Waals surface area contributed by atoms with Gasteiger partial charge < -0.3 is 11.1 Å². The van der Waals surface area contributed by atoms with Crippen LogP contribution < -0.4 is 11.1 Å². The molecule has 0 fully saturated rings. The largest absolute Gasteiger partial charge is 0.398 e. The van der Waals surface area contributed by atoms with Crippen molar-refractivity contribution in [3.63, 3.8) is 0 Å². The van der Waals surface area contributed by atoms with Crippen molar-refractivity contribution in [3.05, 3.63) is 28.2 Å². The molecule has 0 spiro atoms. The molecule has 3 nitrogen and oxygen atoms in total. The molecule has 0 unspecified atom stereocenters. The van der Waals surface area contributed by atoms with Crippen molar-refractivity contribution in [2.24, 2.45) is 0 Å². The maximum Gasteiger partial charge on any atom is 0.252 e. The summed E-state index contributed by atoms with van der Waals surface area (Å²) in [4.78, 5) is 12.0. The van der Waals surface area contributed by atoms with Crippen molar-refractivity contribution in [1.29, 1.82) is 0 Å². The quantitative estimate of drug-likeness (QED) is 0.840. The molecule has 0 radical (unpaired) electrons. The Kier molecular flexibility index (Phi) is 4.89. The molecule has 1 rings (SSSR count). The minimum absolute atomic E-state index is 0.0302. The number of nitrogens with one attached hydrogen (secondary N) is 1. The number of carbonyl (C=O) groups excluding carboxylic acids is 1. The summed E-state index contributed by atoms with van der Waals surface area (Å²) in [7, 11) is 0. The predicted octanol–water partition coefficient (Wildman–Crippen LogP) is 2.90.